The van der Waals surface area contributed by atoms with Crippen molar-refractivity contribution in [1.29, 1.82) is 0 Å². The van der Waals surface area contributed by atoms with Crippen LogP contribution >= 0.6 is 23.2 Å². The molecule has 2 aromatic rings. The largest absolute Gasteiger partial charge is 0.497 e. The molecule has 0 radical (unpaired) electrons. The van der Waals surface area contributed by atoms with Crippen molar-refractivity contribution in [2.24, 2.45) is 0 Å². The number of hydrogen-bond acceptors (Lipinski definition) is 3. The molecule has 0 aliphatic rings. The maximum atomic E-state index is 13.2. The van der Waals surface area contributed by atoms with Crippen LogP contribution in [0, 0.1) is 0 Å². The molecule has 0 spiro atoms. The van der Waals surface area contributed by atoms with Gasteiger partial charge in [-0.1, -0.05) is 41.4 Å². The zero-order valence-corrected chi connectivity index (χ0v) is 18.6. The third kappa shape index (κ3) is 6.65. The van der Waals surface area contributed by atoms with Crippen LogP contribution in [0.4, 0.5) is 0 Å². The molecule has 0 saturated carbocycles. The van der Waals surface area contributed by atoms with Crippen molar-refractivity contribution in [1.82, 2.24) is 10.2 Å². The topological polar surface area (TPSA) is 58.6 Å². The standard InChI is InChI=1S/C22H26Cl2N2O3/c1-14(2)25-22(28)15(3)26(13-16-6-5-7-19(10-16)29-4)21(27)11-17-8-9-18(23)12-20(17)24/h5-10,12,14-15H,11,13H2,1-4H3,(H,25,28)/t15-/m1/s1. The van der Waals surface area contributed by atoms with Crippen molar-refractivity contribution in [2.75, 3.05) is 7.11 Å². The van der Waals surface area contributed by atoms with E-state index in [9.17, 15) is 9.59 Å². The molecule has 0 fully saturated rings. The molecule has 7 heteroatoms. The lowest BCUT2D eigenvalue weighted by atomic mass is 10.1. The molecule has 0 bridgehead atoms. The summed E-state index contributed by atoms with van der Waals surface area (Å²) in [6.07, 6.45) is 0.0687. The molecule has 1 atom stereocenters. The third-order valence-corrected chi connectivity index (χ3v) is 5.03. The van der Waals surface area contributed by atoms with Gasteiger partial charge in [0.2, 0.25) is 11.8 Å². The maximum Gasteiger partial charge on any atom is 0.242 e. The number of ether oxygens (including phenoxy) is 1. The van der Waals surface area contributed by atoms with Gasteiger partial charge in [0.25, 0.3) is 0 Å². The van der Waals surface area contributed by atoms with Gasteiger partial charge < -0.3 is 15.0 Å². The highest BCUT2D eigenvalue weighted by atomic mass is 35.5. The normalized spacial score (nSPS) is 11.8. The molecule has 0 unspecified atom stereocenters. The molecule has 1 N–H and O–H groups in total. The Bertz CT molecular complexity index is 871. The summed E-state index contributed by atoms with van der Waals surface area (Å²) in [4.78, 5) is 27.3. The van der Waals surface area contributed by atoms with Gasteiger partial charge >= 0.3 is 0 Å². The molecule has 5 nitrogen and oxygen atoms in total. The van der Waals surface area contributed by atoms with E-state index in [0.717, 1.165) is 5.56 Å². The van der Waals surface area contributed by atoms with Crippen molar-refractivity contribution in [2.45, 2.75) is 45.8 Å². The van der Waals surface area contributed by atoms with E-state index in [1.165, 1.54) is 0 Å². The van der Waals surface area contributed by atoms with E-state index < -0.39 is 6.04 Å². The summed E-state index contributed by atoms with van der Waals surface area (Å²) in [5.74, 6) is 0.275. The van der Waals surface area contributed by atoms with E-state index in [1.807, 2.05) is 38.1 Å². The summed E-state index contributed by atoms with van der Waals surface area (Å²) in [7, 11) is 1.59. The van der Waals surface area contributed by atoms with E-state index in [4.69, 9.17) is 27.9 Å². The van der Waals surface area contributed by atoms with Crippen LogP contribution in [0.2, 0.25) is 10.0 Å². The van der Waals surface area contributed by atoms with Crippen LogP contribution in [0.25, 0.3) is 0 Å². The highest BCUT2D eigenvalue weighted by molar-refractivity contribution is 6.35. The Hall–Kier alpha value is -2.24. The van der Waals surface area contributed by atoms with E-state index in [0.29, 0.717) is 21.4 Å². The zero-order valence-electron chi connectivity index (χ0n) is 17.0. The number of nitrogens with one attached hydrogen (secondary N) is 1. The second kappa shape index (κ2) is 10.5. The highest BCUT2D eigenvalue weighted by Crippen LogP contribution is 2.23. The van der Waals surface area contributed by atoms with E-state index in [2.05, 4.69) is 5.32 Å². The number of methoxy groups -OCH3 is 1. The summed E-state index contributed by atoms with van der Waals surface area (Å²) in [5.41, 5.74) is 1.53. The van der Waals surface area contributed by atoms with Crippen LogP contribution in [0.3, 0.4) is 0 Å². The molecule has 0 aliphatic carbocycles. The SMILES string of the molecule is COc1cccc(CN(C(=O)Cc2ccc(Cl)cc2Cl)[C@H](C)C(=O)NC(C)C)c1. The number of carbonyl (C=O) groups is 2. The number of hydrogen-bond donors (Lipinski definition) is 1. The van der Waals surface area contributed by atoms with Crippen molar-refractivity contribution < 1.29 is 14.3 Å². The molecule has 0 saturated heterocycles. The Morgan fingerprint density at radius 3 is 2.45 bits per heavy atom. The minimum atomic E-state index is -0.651. The van der Waals surface area contributed by atoms with Gasteiger partial charge in [0.05, 0.1) is 13.5 Å². The van der Waals surface area contributed by atoms with Crippen LogP contribution in [0.1, 0.15) is 31.9 Å². The second-order valence-electron chi connectivity index (χ2n) is 7.12. The van der Waals surface area contributed by atoms with Crippen molar-refractivity contribution in [3.63, 3.8) is 0 Å². The first-order valence-corrected chi connectivity index (χ1v) is 10.1. The van der Waals surface area contributed by atoms with Crippen LogP contribution in [0.15, 0.2) is 42.5 Å². The van der Waals surface area contributed by atoms with Crippen LogP contribution in [0.5, 0.6) is 5.75 Å². The summed E-state index contributed by atoms with van der Waals surface area (Å²) < 4.78 is 5.27. The van der Waals surface area contributed by atoms with Crippen LogP contribution in [-0.4, -0.2) is 35.9 Å². The van der Waals surface area contributed by atoms with E-state index in [1.54, 1.807) is 37.1 Å². The molecule has 2 amide bonds. The van der Waals surface area contributed by atoms with Crippen LogP contribution < -0.4 is 10.1 Å². The lowest BCUT2D eigenvalue weighted by Crippen LogP contribution is -2.49. The highest BCUT2D eigenvalue weighted by Gasteiger charge is 2.27. The summed E-state index contributed by atoms with van der Waals surface area (Å²) in [6, 6.07) is 11.8. The van der Waals surface area contributed by atoms with Gasteiger partial charge in [0.15, 0.2) is 0 Å². The molecule has 2 aromatic carbocycles. The minimum absolute atomic E-state index is 0.0237. The van der Waals surface area contributed by atoms with Crippen molar-refractivity contribution >= 4 is 35.0 Å². The fourth-order valence-electron chi connectivity index (χ4n) is 2.88. The molecule has 29 heavy (non-hydrogen) atoms. The van der Waals surface area contributed by atoms with Gasteiger partial charge in [0, 0.05) is 22.6 Å². The lowest BCUT2D eigenvalue weighted by Gasteiger charge is -2.29. The number of halogens is 2. The monoisotopic (exact) mass is 436 g/mol. The van der Waals surface area contributed by atoms with Crippen molar-refractivity contribution in [3.8, 4) is 5.75 Å². The molecule has 0 heterocycles. The summed E-state index contributed by atoms with van der Waals surface area (Å²) in [6.45, 7) is 5.76. The fourth-order valence-corrected chi connectivity index (χ4v) is 3.36. The lowest BCUT2D eigenvalue weighted by molar-refractivity contribution is -0.140. The first-order chi connectivity index (χ1) is 13.7. The fraction of sp³-hybridized carbons (Fsp3) is 0.364. The number of nitrogens with zero attached hydrogens (tertiary/aromatic N) is 1. The summed E-state index contributed by atoms with van der Waals surface area (Å²) in [5, 5.41) is 3.79. The first kappa shape index (κ1) is 23.0. The predicted octanol–water partition coefficient (Wildman–Crippen LogP) is 4.49. The Morgan fingerprint density at radius 1 is 1.10 bits per heavy atom. The second-order valence-corrected chi connectivity index (χ2v) is 7.97. The van der Waals surface area contributed by atoms with Crippen molar-refractivity contribution in [3.05, 3.63) is 63.6 Å². The molecular formula is C22H26Cl2N2O3. The average molecular weight is 437 g/mol. The Labute approximate surface area is 181 Å². The van der Waals surface area contributed by atoms with Gasteiger partial charge in [-0.2, -0.15) is 0 Å². The van der Waals surface area contributed by atoms with Gasteiger partial charge in [-0.15, -0.1) is 0 Å². The van der Waals surface area contributed by atoms with Gasteiger partial charge in [-0.3, -0.25) is 9.59 Å². The average Bonchev–Trinajstić information content (AvgIpc) is 2.67. The quantitative estimate of drug-likeness (QED) is 0.662. The molecular weight excluding hydrogens is 411 g/mol. The third-order valence-electron chi connectivity index (χ3n) is 4.44. The molecule has 2 rings (SSSR count). The Kier molecular flexibility index (Phi) is 8.35. The zero-order chi connectivity index (χ0) is 21.6. The van der Waals surface area contributed by atoms with Gasteiger partial charge in [0.1, 0.15) is 11.8 Å². The number of benzene rings is 2. The molecule has 0 aromatic heterocycles. The smallest absolute Gasteiger partial charge is 0.242 e. The minimum Gasteiger partial charge on any atom is -0.497 e. The first-order valence-electron chi connectivity index (χ1n) is 9.38. The molecule has 156 valence electrons. The maximum absolute atomic E-state index is 13.2. The predicted molar refractivity (Wildman–Crippen MR) is 116 cm³/mol. The van der Waals surface area contributed by atoms with Gasteiger partial charge in [-0.05, 0) is 56.2 Å². The number of carbonyl (C=O) groups excluding carboxylic acids is 2. The molecule has 0 aliphatic heterocycles. The van der Waals surface area contributed by atoms with E-state index in [-0.39, 0.29) is 30.8 Å². The van der Waals surface area contributed by atoms with Gasteiger partial charge in [-0.25, -0.2) is 0 Å². The van der Waals surface area contributed by atoms with E-state index >= 15 is 0 Å². The summed E-state index contributed by atoms with van der Waals surface area (Å²) >= 11 is 12.2. The Balaban J connectivity index is 2.28. The number of rotatable bonds is 8. The van der Waals surface area contributed by atoms with Crippen LogP contribution in [-0.2, 0) is 22.6 Å². The number of amides is 2. The Morgan fingerprint density at radius 2 is 1.83 bits per heavy atom.